The molecule has 0 fully saturated rings. The Kier molecular flexibility index (Phi) is 9.26. The minimum atomic E-state index is -0.833. The lowest BCUT2D eigenvalue weighted by Crippen LogP contribution is -2.33. The molecule has 0 amide bonds. The van der Waals surface area contributed by atoms with E-state index >= 15 is 0 Å². The second kappa shape index (κ2) is 11.7. The van der Waals surface area contributed by atoms with Crippen molar-refractivity contribution in [3.05, 3.63) is 75.6 Å². The predicted octanol–water partition coefficient (Wildman–Crippen LogP) is 3.32. The molecular weight excluding hydrogens is 432 g/mol. The summed E-state index contributed by atoms with van der Waals surface area (Å²) < 4.78 is 0. The number of aromatic nitrogens is 1. The Morgan fingerprint density at radius 2 is 1.69 bits per heavy atom. The number of phenolic OH excluding ortho intramolecular Hbond substituents is 1. The standard InChI is InChI=1S/C22H24N2O3.C2H4O2.ClH/c25-19-11-9-17(18-10-12-21(27)24-22(18)19)20(26)13-23-16-7-5-14-3-1-2-4-15(14)6-8-16;1-2(3)4;/h1-4,9-12,16,20,23,25-26H,5-8,13H2,(H,24,27);1H3,(H,3,4);1H/t20-;;/m0../s1. The lowest BCUT2D eigenvalue weighted by molar-refractivity contribution is -0.134. The number of hydrogen-bond donors (Lipinski definition) is 5. The summed E-state index contributed by atoms with van der Waals surface area (Å²) >= 11 is 0. The van der Waals surface area contributed by atoms with Crippen LogP contribution in [0.25, 0.3) is 10.9 Å². The predicted molar refractivity (Wildman–Crippen MR) is 127 cm³/mol. The van der Waals surface area contributed by atoms with E-state index in [0.717, 1.165) is 32.6 Å². The van der Waals surface area contributed by atoms with E-state index < -0.39 is 12.1 Å². The molecule has 1 atom stereocenters. The Morgan fingerprint density at radius 3 is 2.28 bits per heavy atom. The molecule has 1 aromatic heterocycles. The van der Waals surface area contributed by atoms with Crippen molar-refractivity contribution in [1.82, 2.24) is 10.3 Å². The Morgan fingerprint density at radius 1 is 1.09 bits per heavy atom. The number of benzene rings is 2. The van der Waals surface area contributed by atoms with E-state index in [1.54, 1.807) is 12.1 Å². The molecule has 5 N–H and O–H groups in total. The summed E-state index contributed by atoms with van der Waals surface area (Å²) in [5.74, 6) is -0.826. The lowest BCUT2D eigenvalue weighted by atomic mass is 10.0. The van der Waals surface area contributed by atoms with Gasteiger partial charge in [0.25, 0.3) is 5.97 Å². The van der Waals surface area contributed by atoms with Gasteiger partial charge in [0.1, 0.15) is 5.75 Å². The molecule has 0 unspecified atom stereocenters. The average Bonchev–Trinajstić information content (AvgIpc) is 2.95. The molecule has 1 aliphatic carbocycles. The summed E-state index contributed by atoms with van der Waals surface area (Å²) in [7, 11) is 0. The van der Waals surface area contributed by atoms with E-state index in [2.05, 4.69) is 34.6 Å². The molecule has 0 spiro atoms. The van der Waals surface area contributed by atoms with Crippen LogP contribution in [0.15, 0.2) is 53.3 Å². The largest absolute Gasteiger partial charge is 0.506 e. The number of pyridine rings is 1. The van der Waals surface area contributed by atoms with E-state index in [1.165, 1.54) is 23.3 Å². The number of rotatable bonds is 4. The highest BCUT2D eigenvalue weighted by Crippen LogP contribution is 2.29. The van der Waals surface area contributed by atoms with Gasteiger partial charge < -0.3 is 25.6 Å². The quantitative estimate of drug-likeness (QED) is 0.381. The van der Waals surface area contributed by atoms with E-state index in [1.807, 2.05) is 0 Å². The summed E-state index contributed by atoms with van der Waals surface area (Å²) in [4.78, 5) is 23.2. The van der Waals surface area contributed by atoms with Gasteiger partial charge in [-0.25, -0.2) is 0 Å². The third kappa shape index (κ3) is 6.56. The number of phenols is 1. The summed E-state index contributed by atoms with van der Waals surface area (Å²) in [6.07, 6.45) is 3.48. The van der Waals surface area contributed by atoms with Crippen LogP contribution in [-0.2, 0) is 17.6 Å². The van der Waals surface area contributed by atoms with Crippen LogP contribution in [-0.4, -0.2) is 38.9 Å². The first-order valence-corrected chi connectivity index (χ1v) is 10.4. The van der Waals surface area contributed by atoms with Crippen molar-refractivity contribution in [2.45, 2.75) is 44.8 Å². The molecule has 0 saturated heterocycles. The number of aromatic hydroxyl groups is 1. The zero-order valence-electron chi connectivity index (χ0n) is 17.9. The summed E-state index contributed by atoms with van der Waals surface area (Å²) in [5.41, 5.74) is 3.64. The van der Waals surface area contributed by atoms with Gasteiger partial charge in [-0.15, -0.1) is 12.4 Å². The van der Waals surface area contributed by atoms with Gasteiger partial charge in [-0.1, -0.05) is 30.3 Å². The number of halogens is 1. The number of fused-ring (bicyclic) bond motifs is 2. The highest BCUT2D eigenvalue weighted by Gasteiger charge is 2.18. The van der Waals surface area contributed by atoms with Gasteiger partial charge in [-0.2, -0.15) is 0 Å². The van der Waals surface area contributed by atoms with Crippen LogP contribution in [0, 0.1) is 0 Å². The summed E-state index contributed by atoms with van der Waals surface area (Å²) in [6, 6.07) is 15.2. The number of aliphatic hydroxyl groups excluding tert-OH is 1. The number of carboxylic acids is 1. The number of aliphatic carboxylic acids is 1. The second-order valence-electron chi connectivity index (χ2n) is 7.77. The number of aryl methyl sites for hydroxylation is 2. The topological polar surface area (TPSA) is 123 Å². The zero-order valence-corrected chi connectivity index (χ0v) is 18.7. The number of aliphatic hydroxyl groups is 1. The molecule has 1 heterocycles. The van der Waals surface area contributed by atoms with E-state index in [9.17, 15) is 15.0 Å². The first-order chi connectivity index (χ1) is 14.8. The highest BCUT2D eigenvalue weighted by atomic mass is 35.5. The van der Waals surface area contributed by atoms with Crippen LogP contribution in [0.4, 0.5) is 0 Å². The van der Waals surface area contributed by atoms with Crippen molar-refractivity contribution in [2.75, 3.05) is 6.54 Å². The Hall–Kier alpha value is -2.87. The highest BCUT2D eigenvalue weighted by molar-refractivity contribution is 5.87. The first-order valence-electron chi connectivity index (χ1n) is 10.4. The third-order valence-electron chi connectivity index (χ3n) is 5.51. The number of carbonyl (C=O) groups is 1. The van der Waals surface area contributed by atoms with Gasteiger partial charge in [0.15, 0.2) is 0 Å². The minimum absolute atomic E-state index is 0. The lowest BCUT2D eigenvalue weighted by Gasteiger charge is -2.20. The Labute approximate surface area is 192 Å². The smallest absolute Gasteiger partial charge is 0.300 e. The normalized spacial score (nSPS) is 14.3. The molecule has 7 nitrogen and oxygen atoms in total. The molecule has 3 aromatic rings. The third-order valence-corrected chi connectivity index (χ3v) is 5.51. The fourth-order valence-corrected chi connectivity index (χ4v) is 3.99. The van der Waals surface area contributed by atoms with Crippen LogP contribution >= 0.6 is 12.4 Å². The monoisotopic (exact) mass is 460 g/mol. The van der Waals surface area contributed by atoms with E-state index in [0.29, 0.717) is 29.1 Å². The van der Waals surface area contributed by atoms with Crippen LogP contribution < -0.4 is 10.9 Å². The molecule has 0 radical (unpaired) electrons. The second-order valence-corrected chi connectivity index (χ2v) is 7.77. The van der Waals surface area contributed by atoms with Gasteiger partial charge in [-0.3, -0.25) is 9.59 Å². The number of H-pyrrole nitrogens is 1. The van der Waals surface area contributed by atoms with Crippen molar-refractivity contribution in [1.29, 1.82) is 0 Å². The fraction of sp³-hybridized carbons (Fsp3) is 0.333. The van der Waals surface area contributed by atoms with Gasteiger partial charge in [0.05, 0.1) is 11.6 Å². The zero-order chi connectivity index (χ0) is 22.4. The number of aromatic amines is 1. The Bertz CT molecular complexity index is 1080. The van der Waals surface area contributed by atoms with Gasteiger partial charge in [-0.05, 0) is 54.5 Å². The van der Waals surface area contributed by atoms with E-state index in [-0.39, 0.29) is 23.7 Å². The van der Waals surface area contributed by atoms with Crippen LogP contribution in [0.3, 0.4) is 0 Å². The average molecular weight is 461 g/mol. The van der Waals surface area contributed by atoms with Crippen molar-refractivity contribution in [2.24, 2.45) is 0 Å². The molecule has 2 aromatic carbocycles. The molecule has 0 aliphatic heterocycles. The Balaban J connectivity index is 0.000000672. The minimum Gasteiger partial charge on any atom is -0.506 e. The summed E-state index contributed by atoms with van der Waals surface area (Å²) in [6.45, 7) is 1.51. The van der Waals surface area contributed by atoms with Gasteiger partial charge in [0, 0.05) is 31.0 Å². The number of hydrogen-bond acceptors (Lipinski definition) is 5. The van der Waals surface area contributed by atoms with Crippen LogP contribution in [0.5, 0.6) is 5.75 Å². The molecule has 8 heteroatoms. The molecule has 172 valence electrons. The molecule has 32 heavy (non-hydrogen) atoms. The maximum atomic E-state index is 11.5. The SMILES string of the molecule is CC(=O)O.Cl.O=c1ccc2c([C@@H](O)CNC3CCc4ccccc4CC3)ccc(O)c2[nH]1. The van der Waals surface area contributed by atoms with Crippen LogP contribution in [0.1, 0.15) is 42.6 Å². The van der Waals surface area contributed by atoms with Crippen molar-refractivity contribution >= 4 is 29.3 Å². The van der Waals surface area contributed by atoms with Gasteiger partial charge >= 0.3 is 0 Å². The number of nitrogens with one attached hydrogen (secondary N) is 2. The summed E-state index contributed by atoms with van der Waals surface area (Å²) in [5, 5.41) is 32.3. The molecule has 0 bridgehead atoms. The molecular formula is C24H29ClN2O5. The van der Waals surface area contributed by atoms with Crippen LogP contribution in [0.2, 0.25) is 0 Å². The van der Waals surface area contributed by atoms with Crippen molar-refractivity contribution < 1.29 is 20.1 Å². The molecule has 4 rings (SSSR count). The molecule has 1 aliphatic rings. The van der Waals surface area contributed by atoms with Crippen molar-refractivity contribution in [3.63, 3.8) is 0 Å². The maximum absolute atomic E-state index is 11.5. The van der Waals surface area contributed by atoms with Gasteiger partial charge in [0.2, 0.25) is 5.56 Å². The maximum Gasteiger partial charge on any atom is 0.300 e. The first kappa shape index (κ1) is 25.4. The number of carboxylic acid groups (broad SMARTS) is 1. The molecule has 0 saturated carbocycles. The van der Waals surface area contributed by atoms with E-state index in [4.69, 9.17) is 9.90 Å². The fourth-order valence-electron chi connectivity index (χ4n) is 3.99. The van der Waals surface area contributed by atoms with Crippen molar-refractivity contribution in [3.8, 4) is 5.75 Å².